The van der Waals surface area contributed by atoms with Gasteiger partial charge in [-0.05, 0) is 19.1 Å². The zero-order chi connectivity index (χ0) is 12.0. The zero-order valence-corrected chi connectivity index (χ0v) is 9.61. The number of hydrogen-bond acceptors (Lipinski definition) is 2. The molecule has 2 rings (SSSR count). The molecule has 3 atom stereocenters. The van der Waals surface area contributed by atoms with E-state index in [1.807, 2.05) is 0 Å². The van der Waals surface area contributed by atoms with Gasteiger partial charge in [-0.1, -0.05) is 6.92 Å². The molecule has 0 aliphatic carbocycles. The SMILES string of the molecule is CC1C(=O)c2c(F)ccc(F)c2S(=O)C1C. The predicted octanol–water partition coefficient (Wildman–Crippen LogP) is 2.29. The molecule has 1 heterocycles. The van der Waals surface area contributed by atoms with E-state index >= 15 is 0 Å². The third kappa shape index (κ3) is 1.42. The summed E-state index contributed by atoms with van der Waals surface area (Å²) in [5.41, 5.74) is -0.344. The van der Waals surface area contributed by atoms with Gasteiger partial charge in [0.05, 0.1) is 21.3 Å². The van der Waals surface area contributed by atoms with Gasteiger partial charge in [-0.2, -0.15) is 0 Å². The van der Waals surface area contributed by atoms with Crippen LogP contribution in [0, 0.1) is 17.6 Å². The van der Waals surface area contributed by atoms with E-state index < -0.39 is 39.4 Å². The highest BCUT2D eigenvalue weighted by atomic mass is 32.2. The Kier molecular flexibility index (Phi) is 2.66. The van der Waals surface area contributed by atoms with E-state index in [0.29, 0.717) is 0 Å². The molecular formula is C11H10F2O2S. The van der Waals surface area contributed by atoms with Crippen molar-refractivity contribution in [2.75, 3.05) is 0 Å². The summed E-state index contributed by atoms with van der Waals surface area (Å²) in [5, 5.41) is -0.490. The molecule has 1 aliphatic rings. The van der Waals surface area contributed by atoms with Crippen LogP contribution in [0.4, 0.5) is 8.78 Å². The van der Waals surface area contributed by atoms with Crippen LogP contribution in [-0.4, -0.2) is 15.2 Å². The highest BCUT2D eigenvalue weighted by Crippen LogP contribution is 2.33. The van der Waals surface area contributed by atoms with Crippen molar-refractivity contribution in [1.29, 1.82) is 0 Å². The Hall–Kier alpha value is -1.10. The number of carbonyl (C=O) groups is 1. The lowest BCUT2D eigenvalue weighted by atomic mass is 9.95. The summed E-state index contributed by atoms with van der Waals surface area (Å²) in [7, 11) is -1.67. The van der Waals surface area contributed by atoms with Gasteiger partial charge in [0.25, 0.3) is 0 Å². The monoisotopic (exact) mass is 244 g/mol. The molecular weight excluding hydrogens is 234 g/mol. The van der Waals surface area contributed by atoms with E-state index in [1.165, 1.54) is 0 Å². The van der Waals surface area contributed by atoms with E-state index in [9.17, 15) is 17.8 Å². The van der Waals surface area contributed by atoms with Crippen molar-refractivity contribution in [3.8, 4) is 0 Å². The van der Waals surface area contributed by atoms with Gasteiger partial charge in [-0.3, -0.25) is 9.00 Å². The average molecular weight is 244 g/mol. The summed E-state index contributed by atoms with van der Waals surface area (Å²) in [4.78, 5) is 11.5. The van der Waals surface area contributed by atoms with Gasteiger partial charge in [0.2, 0.25) is 0 Å². The van der Waals surface area contributed by atoms with Gasteiger partial charge < -0.3 is 0 Å². The normalized spacial score (nSPS) is 29.0. The third-order valence-corrected chi connectivity index (χ3v) is 4.85. The number of carbonyl (C=O) groups excluding carboxylic acids is 1. The molecule has 1 aliphatic heterocycles. The van der Waals surface area contributed by atoms with E-state index in [0.717, 1.165) is 12.1 Å². The van der Waals surface area contributed by atoms with E-state index in [-0.39, 0.29) is 10.5 Å². The second kappa shape index (κ2) is 3.73. The molecule has 0 N–H and O–H groups in total. The second-order valence-electron chi connectivity index (χ2n) is 3.89. The summed E-state index contributed by atoms with van der Waals surface area (Å²) in [6.45, 7) is 3.18. The number of rotatable bonds is 0. The molecule has 16 heavy (non-hydrogen) atoms. The van der Waals surface area contributed by atoms with Crippen molar-refractivity contribution < 1.29 is 17.8 Å². The number of fused-ring (bicyclic) bond motifs is 1. The number of benzene rings is 1. The van der Waals surface area contributed by atoms with Crippen LogP contribution in [0.15, 0.2) is 17.0 Å². The first-order chi connectivity index (χ1) is 7.45. The summed E-state index contributed by atoms with van der Waals surface area (Å²) in [5.74, 6) is -2.60. The number of hydrogen-bond donors (Lipinski definition) is 0. The summed E-state index contributed by atoms with van der Waals surface area (Å²) in [6, 6.07) is 1.80. The van der Waals surface area contributed by atoms with Crippen molar-refractivity contribution in [3.63, 3.8) is 0 Å². The number of halogens is 2. The fraction of sp³-hybridized carbons (Fsp3) is 0.364. The summed E-state index contributed by atoms with van der Waals surface area (Å²) >= 11 is 0. The maximum atomic E-state index is 13.5. The van der Waals surface area contributed by atoms with Crippen LogP contribution in [0.3, 0.4) is 0 Å². The highest BCUT2D eigenvalue weighted by molar-refractivity contribution is 7.86. The summed E-state index contributed by atoms with van der Waals surface area (Å²) in [6.07, 6.45) is 0. The minimum atomic E-state index is -1.67. The first-order valence-electron chi connectivity index (χ1n) is 4.88. The molecule has 0 aromatic heterocycles. The van der Waals surface area contributed by atoms with Crippen molar-refractivity contribution >= 4 is 16.6 Å². The van der Waals surface area contributed by atoms with Crippen LogP contribution in [0.25, 0.3) is 0 Å². The lowest BCUT2D eigenvalue weighted by Crippen LogP contribution is -2.35. The van der Waals surface area contributed by atoms with Crippen LogP contribution < -0.4 is 0 Å². The minimum absolute atomic E-state index is 0.282. The quantitative estimate of drug-likeness (QED) is 0.701. The van der Waals surface area contributed by atoms with E-state index in [1.54, 1.807) is 13.8 Å². The molecule has 0 amide bonds. The van der Waals surface area contributed by atoms with E-state index in [2.05, 4.69) is 0 Å². The van der Waals surface area contributed by atoms with Gasteiger partial charge in [-0.15, -0.1) is 0 Å². The fourth-order valence-corrected chi connectivity index (χ4v) is 3.30. The van der Waals surface area contributed by atoms with Gasteiger partial charge in [-0.25, -0.2) is 8.78 Å². The van der Waals surface area contributed by atoms with Crippen LogP contribution in [0.2, 0.25) is 0 Å². The molecule has 1 aromatic rings. The van der Waals surface area contributed by atoms with Crippen molar-refractivity contribution in [1.82, 2.24) is 0 Å². The van der Waals surface area contributed by atoms with Gasteiger partial charge >= 0.3 is 0 Å². The third-order valence-electron chi connectivity index (χ3n) is 2.96. The van der Waals surface area contributed by atoms with Crippen molar-refractivity contribution in [2.45, 2.75) is 24.0 Å². The maximum Gasteiger partial charge on any atom is 0.171 e. The van der Waals surface area contributed by atoms with Crippen molar-refractivity contribution in [2.24, 2.45) is 5.92 Å². The molecule has 0 saturated carbocycles. The topological polar surface area (TPSA) is 34.1 Å². The van der Waals surface area contributed by atoms with Crippen molar-refractivity contribution in [3.05, 3.63) is 29.3 Å². The van der Waals surface area contributed by atoms with Crippen LogP contribution >= 0.6 is 0 Å². The Bertz CT molecular complexity index is 454. The Balaban J connectivity index is 2.77. The largest absolute Gasteiger partial charge is 0.294 e. The van der Waals surface area contributed by atoms with E-state index in [4.69, 9.17) is 0 Å². The predicted molar refractivity (Wildman–Crippen MR) is 55.7 cm³/mol. The standard InChI is InChI=1S/C11H10F2O2S/c1-5-6(2)16(15)11-8(13)4-3-7(12)9(11)10(5)14/h3-6H,1-2H3. The maximum absolute atomic E-state index is 13.5. The smallest absolute Gasteiger partial charge is 0.171 e. The fourth-order valence-electron chi connectivity index (χ4n) is 1.77. The Morgan fingerprint density at radius 2 is 1.75 bits per heavy atom. The van der Waals surface area contributed by atoms with Crippen LogP contribution in [-0.2, 0) is 10.8 Å². The average Bonchev–Trinajstić information content (AvgIpc) is 2.26. The molecule has 1 aromatic carbocycles. The number of ketones is 1. The first-order valence-corrected chi connectivity index (χ1v) is 6.09. The van der Waals surface area contributed by atoms with Gasteiger partial charge in [0.1, 0.15) is 11.6 Å². The molecule has 5 heteroatoms. The van der Waals surface area contributed by atoms with Crippen LogP contribution in [0.1, 0.15) is 24.2 Å². The Labute approximate surface area is 94.1 Å². The van der Waals surface area contributed by atoms with Crippen LogP contribution in [0.5, 0.6) is 0 Å². The molecule has 86 valence electrons. The zero-order valence-electron chi connectivity index (χ0n) is 8.79. The Morgan fingerprint density at radius 3 is 2.38 bits per heavy atom. The molecule has 0 saturated heterocycles. The number of Topliss-reactive ketones (excluding diaryl/α,β-unsaturated/α-hetero) is 1. The minimum Gasteiger partial charge on any atom is -0.294 e. The lowest BCUT2D eigenvalue weighted by Gasteiger charge is -2.26. The Morgan fingerprint density at radius 1 is 1.19 bits per heavy atom. The molecule has 0 radical (unpaired) electrons. The lowest BCUT2D eigenvalue weighted by molar-refractivity contribution is 0.0916. The molecule has 3 unspecified atom stereocenters. The second-order valence-corrected chi connectivity index (χ2v) is 5.64. The summed E-state index contributed by atoms with van der Waals surface area (Å²) < 4.78 is 38.8. The molecule has 0 bridgehead atoms. The molecule has 0 fully saturated rings. The van der Waals surface area contributed by atoms with Gasteiger partial charge in [0.15, 0.2) is 5.78 Å². The van der Waals surface area contributed by atoms with Gasteiger partial charge in [0, 0.05) is 11.2 Å². The highest BCUT2D eigenvalue weighted by Gasteiger charge is 2.38. The first kappa shape index (κ1) is 11.4. The molecule has 2 nitrogen and oxygen atoms in total. The molecule has 0 spiro atoms.